The van der Waals surface area contributed by atoms with Gasteiger partial charge < -0.3 is 10.0 Å². The first-order valence-electron chi connectivity index (χ1n) is 7.47. The monoisotopic (exact) mass is 341 g/mol. The van der Waals surface area contributed by atoms with Crippen molar-refractivity contribution in [2.24, 2.45) is 5.92 Å². The molecule has 0 spiro atoms. The third-order valence-corrected chi connectivity index (χ3v) is 5.03. The Bertz CT molecular complexity index is 650. The minimum atomic E-state index is -3.26. The van der Waals surface area contributed by atoms with Crippen LogP contribution in [0.5, 0.6) is 0 Å². The van der Waals surface area contributed by atoms with Crippen LogP contribution in [0, 0.1) is 5.92 Å². The van der Waals surface area contributed by atoms with E-state index in [1.165, 1.54) is 17.0 Å². The van der Waals surface area contributed by atoms with Gasteiger partial charge in [0, 0.05) is 6.54 Å². The lowest BCUT2D eigenvalue weighted by atomic mass is 10.1. The normalized spacial score (nSPS) is 11.5. The molecule has 1 aromatic rings. The van der Waals surface area contributed by atoms with Crippen LogP contribution in [0.15, 0.2) is 29.2 Å². The van der Waals surface area contributed by atoms with E-state index in [0.29, 0.717) is 12.1 Å². The summed E-state index contributed by atoms with van der Waals surface area (Å²) < 4.78 is 23.5. The van der Waals surface area contributed by atoms with Crippen LogP contribution in [0.2, 0.25) is 0 Å². The second kappa shape index (κ2) is 8.10. The van der Waals surface area contributed by atoms with E-state index < -0.39 is 15.8 Å². The van der Waals surface area contributed by atoms with Gasteiger partial charge in [0.2, 0.25) is 5.91 Å². The molecule has 6 nitrogen and oxygen atoms in total. The molecule has 0 fully saturated rings. The molecule has 0 radical (unpaired) electrons. The SMILES string of the molecule is CCS(=O)(=O)c1ccc(CC(=O)N(CC(=O)O)CC(C)C)cc1. The van der Waals surface area contributed by atoms with Crippen molar-refractivity contribution in [3.8, 4) is 0 Å². The van der Waals surface area contributed by atoms with Crippen LogP contribution in [0.25, 0.3) is 0 Å². The van der Waals surface area contributed by atoms with Crippen molar-refractivity contribution in [2.75, 3.05) is 18.8 Å². The number of hydrogen-bond donors (Lipinski definition) is 1. The maximum absolute atomic E-state index is 12.3. The van der Waals surface area contributed by atoms with Gasteiger partial charge in [0.1, 0.15) is 6.54 Å². The van der Waals surface area contributed by atoms with Crippen molar-refractivity contribution in [3.05, 3.63) is 29.8 Å². The van der Waals surface area contributed by atoms with Gasteiger partial charge in [-0.15, -0.1) is 0 Å². The average Bonchev–Trinajstić information content (AvgIpc) is 2.46. The number of carboxylic acids is 1. The van der Waals surface area contributed by atoms with Crippen molar-refractivity contribution < 1.29 is 23.1 Å². The third kappa shape index (κ3) is 6.02. The Morgan fingerprint density at radius 2 is 1.74 bits per heavy atom. The van der Waals surface area contributed by atoms with Crippen LogP contribution in [0.4, 0.5) is 0 Å². The van der Waals surface area contributed by atoms with E-state index in [2.05, 4.69) is 0 Å². The first-order chi connectivity index (χ1) is 10.7. The fourth-order valence-corrected chi connectivity index (χ4v) is 3.01. The summed E-state index contributed by atoms with van der Waals surface area (Å²) in [5.41, 5.74) is 0.657. The smallest absolute Gasteiger partial charge is 0.323 e. The zero-order valence-corrected chi connectivity index (χ0v) is 14.5. The zero-order valence-electron chi connectivity index (χ0n) is 13.7. The van der Waals surface area contributed by atoms with Crippen molar-refractivity contribution in [2.45, 2.75) is 32.1 Å². The molecule has 0 saturated heterocycles. The van der Waals surface area contributed by atoms with Gasteiger partial charge in [-0.25, -0.2) is 8.42 Å². The molecule has 0 aliphatic rings. The molecular weight excluding hydrogens is 318 g/mol. The quantitative estimate of drug-likeness (QED) is 0.775. The van der Waals surface area contributed by atoms with Gasteiger partial charge in [-0.05, 0) is 23.6 Å². The van der Waals surface area contributed by atoms with Gasteiger partial charge in [-0.3, -0.25) is 9.59 Å². The van der Waals surface area contributed by atoms with Gasteiger partial charge in [-0.2, -0.15) is 0 Å². The summed E-state index contributed by atoms with van der Waals surface area (Å²) >= 11 is 0. The van der Waals surface area contributed by atoms with Crippen LogP contribution >= 0.6 is 0 Å². The number of aliphatic carboxylic acids is 1. The van der Waals surface area contributed by atoms with Crippen molar-refractivity contribution >= 4 is 21.7 Å². The van der Waals surface area contributed by atoms with E-state index in [1.54, 1.807) is 19.1 Å². The fourth-order valence-electron chi connectivity index (χ4n) is 2.13. The summed E-state index contributed by atoms with van der Waals surface area (Å²) in [6.07, 6.45) is 0.0481. The van der Waals surface area contributed by atoms with Gasteiger partial charge in [0.15, 0.2) is 9.84 Å². The molecule has 0 bridgehead atoms. The predicted octanol–water partition coefficient (Wildman–Crippen LogP) is 1.59. The Morgan fingerprint density at radius 1 is 1.17 bits per heavy atom. The number of amides is 1. The number of sulfone groups is 1. The summed E-state index contributed by atoms with van der Waals surface area (Å²) in [5, 5.41) is 8.90. The number of rotatable bonds is 8. The standard InChI is InChI=1S/C16H23NO5S/c1-4-23(21,22)14-7-5-13(6-8-14)9-15(18)17(10-12(2)3)11-16(19)20/h5-8,12H,4,9-11H2,1-3H3,(H,19,20). The molecule has 0 saturated carbocycles. The highest BCUT2D eigenvalue weighted by molar-refractivity contribution is 7.91. The first-order valence-corrected chi connectivity index (χ1v) is 9.12. The summed E-state index contributed by atoms with van der Waals surface area (Å²) in [6.45, 7) is 5.42. The van der Waals surface area contributed by atoms with E-state index >= 15 is 0 Å². The summed E-state index contributed by atoms with van der Waals surface area (Å²) in [7, 11) is -3.26. The summed E-state index contributed by atoms with van der Waals surface area (Å²) in [6, 6.07) is 6.14. The first kappa shape index (κ1) is 19.2. The Hall–Kier alpha value is -1.89. The lowest BCUT2D eigenvalue weighted by Crippen LogP contribution is -2.39. The van der Waals surface area contributed by atoms with Crippen LogP contribution in [0.1, 0.15) is 26.3 Å². The molecule has 0 atom stereocenters. The molecule has 7 heteroatoms. The maximum atomic E-state index is 12.3. The van der Waals surface area contributed by atoms with Crippen LogP contribution in [0.3, 0.4) is 0 Å². The lowest BCUT2D eigenvalue weighted by molar-refractivity contribution is -0.144. The highest BCUT2D eigenvalue weighted by atomic mass is 32.2. The maximum Gasteiger partial charge on any atom is 0.323 e. The molecule has 0 aliphatic carbocycles. The topological polar surface area (TPSA) is 91.8 Å². The highest BCUT2D eigenvalue weighted by Gasteiger charge is 2.18. The molecular formula is C16H23NO5S. The van der Waals surface area contributed by atoms with Gasteiger partial charge in [-0.1, -0.05) is 32.9 Å². The number of nitrogens with zero attached hydrogens (tertiary/aromatic N) is 1. The van der Waals surface area contributed by atoms with E-state index in [-0.39, 0.29) is 35.4 Å². The number of benzene rings is 1. The molecule has 23 heavy (non-hydrogen) atoms. The molecule has 0 aromatic heterocycles. The molecule has 0 heterocycles. The summed E-state index contributed by atoms with van der Waals surface area (Å²) in [4.78, 5) is 24.7. The van der Waals surface area contributed by atoms with Crippen LogP contribution in [-0.4, -0.2) is 49.1 Å². The number of hydrogen-bond acceptors (Lipinski definition) is 4. The van der Waals surface area contributed by atoms with Crippen LogP contribution < -0.4 is 0 Å². The fraction of sp³-hybridized carbons (Fsp3) is 0.500. The number of carbonyl (C=O) groups excluding carboxylic acids is 1. The lowest BCUT2D eigenvalue weighted by Gasteiger charge is -2.22. The molecule has 0 unspecified atom stereocenters. The van der Waals surface area contributed by atoms with E-state index in [4.69, 9.17) is 5.11 Å². The zero-order chi connectivity index (χ0) is 17.6. The van der Waals surface area contributed by atoms with Crippen molar-refractivity contribution in [3.63, 3.8) is 0 Å². The third-order valence-electron chi connectivity index (χ3n) is 3.28. The van der Waals surface area contributed by atoms with Crippen LogP contribution in [-0.2, 0) is 25.8 Å². The van der Waals surface area contributed by atoms with E-state index in [0.717, 1.165) is 0 Å². The second-order valence-electron chi connectivity index (χ2n) is 5.79. The Kier molecular flexibility index (Phi) is 6.75. The van der Waals surface area contributed by atoms with Gasteiger partial charge in [0.25, 0.3) is 0 Å². The summed E-state index contributed by atoms with van der Waals surface area (Å²) in [5.74, 6) is -1.16. The van der Waals surface area contributed by atoms with Gasteiger partial charge in [0.05, 0.1) is 17.1 Å². The minimum Gasteiger partial charge on any atom is -0.480 e. The molecule has 1 N–H and O–H groups in total. The van der Waals surface area contributed by atoms with Gasteiger partial charge >= 0.3 is 5.97 Å². The average molecular weight is 341 g/mol. The molecule has 1 aromatic carbocycles. The largest absolute Gasteiger partial charge is 0.480 e. The number of carboxylic acid groups (broad SMARTS) is 1. The van der Waals surface area contributed by atoms with E-state index in [1.807, 2.05) is 13.8 Å². The second-order valence-corrected chi connectivity index (χ2v) is 8.06. The number of carbonyl (C=O) groups is 2. The molecule has 1 rings (SSSR count). The van der Waals surface area contributed by atoms with Crippen molar-refractivity contribution in [1.29, 1.82) is 0 Å². The van der Waals surface area contributed by atoms with Crippen molar-refractivity contribution in [1.82, 2.24) is 4.90 Å². The molecule has 128 valence electrons. The molecule has 1 amide bonds. The Balaban J connectivity index is 2.84. The molecule has 0 aliphatic heterocycles. The minimum absolute atomic E-state index is 0.0199. The predicted molar refractivity (Wildman–Crippen MR) is 86.9 cm³/mol. The van der Waals surface area contributed by atoms with E-state index in [9.17, 15) is 18.0 Å². The highest BCUT2D eigenvalue weighted by Crippen LogP contribution is 2.13. The Morgan fingerprint density at radius 3 is 2.17 bits per heavy atom. The Labute approximate surface area is 137 Å².